The highest BCUT2D eigenvalue weighted by Gasteiger charge is 2.18. The van der Waals surface area contributed by atoms with Gasteiger partial charge in [-0.25, -0.2) is 4.98 Å². The molecule has 30 heavy (non-hydrogen) atoms. The molecule has 0 spiro atoms. The van der Waals surface area contributed by atoms with E-state index in [2.05, 4.69) is 26.2 Å². The zero-order valence-corrected chi connectivity index (χ0v) is 17.2. The second-order valence-electron chi connectivity index (χ2n) is 6.31. The van der Waals surface area contributed by atoms with Gasteiger partial charge in [-0.05, 0) is 48.5 Å². The smallest absolute Gasteiger partial charge is 0.311 e. The molecule has 0 aliphatic rings. The number of nitro groups is 1. The van der Waals surface area contributed by atoms with Crippen LogP contribution < -0.4 is 10.1 Å². The van der Waals surface area contributed by atoms with Crippen molar-refractivity contribution in [2.75, 3.05) is 12.4 Å². The average molecular weight is 468 g/mol. The minimum atomic E-state index is -0.597. The van der Waals surface area contributed by atoms with Gasteiger partial charge in [-0.2, -0.15) is 0 Å². The number of benzene rings is 3. The Labute approximate surface area is 178 Å². The van der Waals surface area contributed by atoms with Crippen molar-refractivity contribution in [2.45, 2.75) is 0 Å². The molecule has 0 saturated carbocycles. The molecule has 1 N–H and O–H groups in total. The summed E-state index contributed by atoms with van der Waals surface area (Å²) in [6, 6.07) is 16.6. The van der Waals surface area contributed by atoms with Crippen LogP contribution in [0.15, 0.2) is 69.6 Å². The number of nitrogens with one attached hydrogen (secondary N) is 1. The Morgan fingerprint density at radius 1 is 1.17 bits per heavy atom. The lowest BCUT2D eigenvalue weighted by molar-refractivity contribution is -0.385. The summed E-state index contributed by atoms with van der Waals surface area (Å²) in [4.78, 5) is 27.6. The maximum Gasteiger partial charge on any atom is 0.311 e. The fourth-order valence-electron chi connectivity index (χ4n) is 2.93. The molecule has 4 rings (SSSR count). The molecular formula is C21H14BrN3O5. The van der Waals surface area contributed by atoms with E-state index in [1.807, 2.05) is 24.3 Å². The molecule has 0 bridgehead atoms. The predicted octanol–water partition coefficient (Wildman–Crippen LogP) is 5.43. The molecule has 0 aliphatic heterocycles. The molecule has 0 saturated heterocycles. The van der Waals surface area contributed by atoms with E-state index >= 15 is 0 Å². The van der Waals surface area contributed by atoms with Crippen LogP contribution in [0.5, 0.6) is 5.75 Å². The van der Waals surface area contributed by atoms with E-state index in [0.717, 1.165) is 10.0 Å². The van der Waals surface area contributed by atoms with Crippen LogP contribution in [0.1, 0.15) is 10.4 Å². The fraction of sp³-hybridized carbons (Fsp3) is 0.0476. The van der Waals surface area contributed by atoms with Gasteiger partial charge in [0.2, 0.25) is 5.89 Å². The highest BCUT2D eigenvalue weighted by Crippen LogP contribution is 2.29. The van der Waals surface area contributed by atoms with Gasteiger partial charge in [-0.3, -0.25) is 14.9 Å². The van der Waals surface area contributed by atoms with Crippen LogP contribution in [0.2, 0.25) is 0 Å². The van der Waals surface area contributed by atoms with Crippen molar-refractivity contribution in [3.05, 3.63) is 80.8 Å². The van der Waals surface area contributed by atoms with E-state index in [9.17, 15) is 14.9 Å². The number of hydrogen-bond donors (Lipinski definition) is 1. The number of rotatable bonds is 5. The summed E-state index contributed by atoms with van der Waals surface area (Å²) in [5, 5.41) is 13.9. The van der Waals surface area contributed by atoms with E-state index in [0.29, 0.717) is 22.7 Å². The lowest BCUT2D eigenvalue weighted by atomic mass is 10.1. The van der Waals surface area contributed by atoms with Crippen LogP contribution in [-0.4, -0.2) is 22.9 Å². The van der Waals surface area contributed by atoms with Gasteiger partial charge in [0.1, 0.15) is 5.52 Å². The largest absolute Gasteiger partial charge is 0.490 e. The third-order valence-corrected chi connectivity index (χ3v) is 4.85. The molecule has 0 fully saturated rings. The number of ether oxygens (including phenoxy) is 1. The highest BCUT2D eigenvalue weighted by molar-refractivity contribution is 9.10. The Morgan fingerprint density at radius 2 is 2.00 bits per heavy atom. The van der Waals surface area contributed by atoms with Gasteiger partial charge in [0.25, 0.3) is 5.91 Å². The van der Waals surface area contributed by atoms with Crippen LogP contribution in [-0.2, 0) is 0 Å². The number of anilines is 1. The van der Waals surface area contributed by atoms with Crippen LogP contribution >= 0.6 is 15.9 Å². The topological polar surface area (TPSA) is 108 Å². The SMILES string of the molecule is COc1ccc(C(=O)Nc2ccc3oc(-c4cccc(Br)c4)nc3c2)cc1[N+](=O)[O-]. The molecule has 0 aliphatic carbocycles. The van der Waals surface area contributed by atoms with E-state index in [1.54, 1.807) is 18.2 Å². The van der Waals surface area contributed by atoms with Crippen molar-refractivity contribution >= 4 is 44.3 Å². The standard InChI is InChI=1S/C21H14BrN3O5/c1-29-19-7-5-12(10-17(19)25(27)28)20(26)23-15-6-8-18-16(11-15)24-21(30-18)13-3-2-4-14(22)9-13/h2-11H,1H3,(H,23,26). The van der Waals surface area contributed by atoms with Crippen LogP contribution in [0.25, 0.3) is 22.6 Å². The van der Waals surface area contributed by atoms with Gasteiger partial charge in [0.15, 0.2) is 11.3 Å². The molecule has 4 aromatic rings. The van der Waals surface area contributed by atoms with Crippen molar-refractivity contribution in [1.29, 1.82) is 0 Å². The van der Waals surface area contributed by atoms with Gasteiger partial charge < -0.3 is 14.5 Å². The Bertz CT molecular complexity index is 1280. The highest BCUT2D eigenvalue weighted by atomic mass is 79.9. The minimum Gasteiger partial charge on any atom is -0.490 e. The Balaban J connectivity index is 1.60. The number of nitro benzene ring substituents is 1. The Hall–Kier alpha value is -3.72. The number of halogens is 1. The molecular weight excluding hydrogens is 454 g/mol. The van der Waals surface area contributed by atoms with Crippen molar-refractivity contribution in [3.63, 3.8) is 0 Å². The van der Waals surface area contributed by atoms with Gasteiger partial charge in [0.05, 0.1) is 12.0 Å². The summed E-state index contributed by atoms with van der Waals surface area (Å²) in [5.41, 5.74) is 2.30. The van der Waals surface area contributed by atoms with E-state index in [-0.39, 0.29) is 17.0 Å². The van der Waals surface area contributed by atoms with Crippen molar-refractivity contribution in [3.8, 4) is 17.2 Å². The lowest BCUT2D eigenvalue weighted by Crippen LogP contribution is -2.12. The quantitative estimate of drug-likeness (QED) is 0.309. The minimum absolute atomic E-state index is 0.0839. The molecule has 150 valence electrons. The van der Waals surface area contributed by atoms with Crippen LogP contribution in [0, 0.1) is 10.1 Å². The molecule has 1 heterocycles. The predicted molar refractivity (Wildman–Crippen MR) is 115 cm³/mol. The van der Waals surface area contributed by atoms with Gasteiger partial charge in [-0.1, -0.05) is 22.0 Å². The maximum absolute atomic E-state index is 12.6. The molecule has 8 nitrogen and oxygen atoms in total. The summed E-state index contributed by atoms with van der Waals surface area (Å²) < 4.78 is 11.7. The first-order valence-corrected chi connectivity index (χ1v) is 9.54. The Kier molecular flexibility index (Phi) is 5.20. The molecule has 3 aromatic carbocycles. The molecule has 0 radical (unpaired) electrons. The first kappa shape index (κ1) is 19.6. The summed E-state index contributed by atoms with van der Waals surface area (Å²) in [5.74, 6) is 0.0528. The second kappa shape index (κ2) is 7.96. The Morgan fingerprint density at radius 3 is 2.73 bits per heavy atom. The molecule has 1 amide bonds. The zero-order chi connectivity index (χ0) is 21.3. The van der Waals surface area contributed by atoms with Gasteiger partial charge >= 0.3 is 5.69 Å². The monoisotopic (exact) mass is 467 g/mol. The molecule has 1 aromatic heterocycles. The number of methoxy groups -OCH3 is 1. The van der Waals surface area contributed by atoms with Crippen LogP contribution in [0.4, 0.5) is 11.4 Å². The number of oxazole rings is 1. The first-order chi connectivity index (χ1) is 14.4. The van der Waals surface area contributed by atoms with Crippen molar-refractivity contribution < 1.29 is 18.9 Å². The molecule has 9 heteroatoms. The summed E-state index contributed by atoms with van der Waals surface area (Å²) >= 11 is 3.42. The summed E-state index contributed by atoms with van der Waals surface area (Å²) in [6.07, 6.45) is 0. The second-order valence-corrected chi connectivity index (χ2v) is 7.23. The van der Waals surface area contributed by atoms with Gasteiger partial charge in [-0.15, -0.1) is 0 Å². The number of hydrogen-bond acceptors (Lipinski definition) is 6. The number of carbonyl (C=O) groups is 1. The normalized spacial score (nSPS) is 10.7. The fourth-order valence-corrected chi connectivity index (χ4v) is 3.33. The first-order valence-electron chi connectivity index (χ1n) is 8.75. The van der Waals surface area contributed by atoms with Crippen molar-refractivity contribution in [2.24, 2.45) is 0 Å². The number of fused-ring (bicyclic) bond motifs is 1. The summed E-state index contributed by atoms with van der Waals surface area (Å²) in [7, 11) is 1.33. The average Bonchev–Trinajstić information content (AvgIpc) is 3.16. The van der Waals surface area contributed by atoms with Crippen molar-refractivity contribution in [1.82, 2.24) is 4.98 Å². The number of carbonyl (C=O) groups excluding carboxylic acids is 1. The van der Waals surface area contributed by atoms with Gasteiger partial charge in [0, 0.05) is 27.4 Å². The third kappa shape index (κ3) is 3.87. The third-order valence-electron chi connectivity index (χ3n) is 4.35. The van der Waals surface area contributed by atoms with E-state index in [4.69, 9.17) is 9.15 Å². The zero-order valence-electron chi connectivity index (χ0n) is 15.6. The van der Waals surface area contributed by atoms with E-state index in [1.165, 1.54) is 25.3 Å². The lowest BCUT2D eigenvalue weighted by Gasteiger charge is -2.06. The van der Waals surface area contributed by atoms with E-state index < -0.39 is 10.8 Å². The molecule has 0 atom stereocenters. The number of aromatic nitrogens is 1. The maximum atomic E-state index is 12.6. The van der Waals surface area contributed by atoms with Crippen LogP contribution in [0.3, 0.4) is 0 Å². The number of nitrogens with zero attached hydrogens (tertiary/aromatic N) is 2. The molecule has 0 unspecified atom stereocenters. The summed E-state index contributed by atoms with van der Waals surface area (Å²) in [6.45, 7) is 0. The number of amides is 1.